The van der Waals surface area contributed by atoms with Crippen LogP contribution in [0.25, 0.3) is 0 Å². The third kappa shape index (κ3) is 3.84. The first-order valence-electron chi connectivity index (χ1n) is 8.13. The molecule has 0 radical (unpaired) electrons. The number of hydrogen-bond donors (Lipinski definition) is 1. The van der Waals surface area contributed by atoms with Crippen molar-refractivity contribution < 1.29 is 14.3 Å². The van der Waals surface area contributed by atoms with Gasteiger partial charge in [-0.15, -0.1) is 0 Å². The summed E-state index contributed by atoms with van der Waals surface area (Å²) in [7, 11) is -1.64. The number of aliphatic hydroxyl groups is 1. The van der Waals surface area contributed by atoms with Crippen LogP contribution in [0.5, 0.6) is 0 Å². The quantitative estimate of drug-likeness (QED) is 0.619. The monoisotopic (exact) mass is 300 g/mol. The van der Waals surface area contributed by atoms with Gasteiger partial charge in [-0.05, 0) is 43.8 Å². The summed E-state index contributed by atoms with van der Waals surface area (Å²) in [5.74, 6) is 0. The van der Waals surface area contributed by atoms with Crippen LogP contribution < -0.4 is 0 Å². The van der Waals surface area contributed by atoms with Crippen LogP contribution in [0.1, 0.15) is 59.3 Å². The van der Waals surface area contributed by atoms with Gasteiger partial charge in [0.2, 0.25) is 0 Å². The molecule has 0 spiro atoms. The Labute approximate surface area is 125 Å². The van der Waals surface area contributed by atoms with Crippen molar-refractivity contribution in [2.24, 2.45) is 0 Å². The van der Waals surface area contributed by atoms with E-state index >= 15 is 0 Å². The molecule has 2 fully saturated rings. The van der Waals surface area contributed by atoms with E-state index in [1.165, 1.54) is 0 Å². The highest BCUT2D eigenvalue weighted by Crippen LogP contribution is 2.41. The summed E-state index contributed by atoms with van der Waals surface area (Å²) in [6.45, 7) is 12.2. The van der Waals surface area contributed by atoms with Crippen LogP contribution in [0, 0.1) is 0 Å². The van der Waals surface area contributed by atoms with Gasteiger partial charge in [-0.2, -0.15) is 0 Å². The Morgan fingerprint density at radius 3 is 2.25 bits per heavy atom. The van der Waals surface area contributed by atoms with Gasteiger partial charge in [-0.3, -0.25) is 0 Å². The molecule has 118 valence electrons. The Bertz CT molecular complexity index is 323. The average Bonchev–Trinajstić information content (AvgIpc) is 2.63. The maximum atomic E-state index is 10.7. The predicted molar refractivity (Wildman–Crippen MR) is 84.5 cm³/mol. The number of hydrogen-bond acceptors (Lipinski definition) is 3. The van der Waals surface area contributed by atoms with Crippen LogP contribution in [0.3, 0.4) is 0 Å². The van der Waals surface area contributed by atoms with Crippen molar-refractivity contribution in [2.75, 3.05) is 6.61 Å². The first-order valence-corrected chi connectivity index (χ1v) is 11.0. The fraction of sp³-hybridized carbons (Fsp3) is 1.00. The summed E-state index contributed by atoms with van der Waals surface area (Å²) in [6.07, 6.45) is 6.34. The van der Waals surface area contributed by atoms with E-state index in [4.69, 9.17) is 9.16 Å². The van der Waals surface area contributed by atoms with E-state index in [9.17, 15) is 5.11 Å². The molecule has 0 aliphatic carbocycles. The third-order valence-electron chi connectivity index (χ3n) is 5.47. The zero-order chi connectivity index (χ0) is 15.0. The molecular weight excluding hydrogens is 268 g/mol. The molecule has 2 unspecified atom stereocenters. The van der Waals surface area contributed by atoms with Gasteiger partial charge in [0.25, 0.3) is 0 Å². The van der Waals surface area contributed by atoms with E-state index in [0.29, 0.717) is 12.2 Å². The van der Waals surface area contributed by atoms with Gasteiger partial charge in [0.15, 0.2) is 8.32 Å². The first kappa shape index (κ1) is 16.5. The summed E-state index contributed by atoms with van der Waals surface area (Å²) in [4.78, 5) is 0. The van der Waals surface area contributed by atoms with Crippen LogP contribution in [-0.2, 0) is 9.16 Å². The number of rotatable bonds is 5. The Morgan fingerprint density at radius 1 is 1.20 bits per heavy atom. The Morgan fingerprint density at radius 2 is 1.75 bits per heavy atom. The van der Waals surface area contributed by atoms with Crippen molar-refractivity contribution in [1.29, 1.82) is 0 Å². The van der Waals surface area contributed by atoms with E-state index in [2.05, 4.69) is 33.9 Å². The van der Waals surface area contributed by atoms with E-state index in [1.807, 2.05) is 0 Å². The topological polar surface area (TPSA) is 38.7 Å². The second kappa shape index (κ2) is 5.71. The van der Waals surface area contributed by atoms with E-state index in [1.54, 1.807) is 0 Å². The van der Waals surface area contributed by atoms with Gasteiger partial charge >= 0.3 is 0 Å². The minimum Gasteiger partial charge on any atom is -0.417 e. The minimum atomic E-state index is -1.64. The van der Waals surface area contributed by atoms with Gasteiger partial charge in [0.1, 0.15) is 0 Å². The molecule has 2 aliphatic rings. The maximum absolute atomic E-state index is 10.7. The molecule has 0 aromatic carbocycles. The van der Waals surface area contributed by atoms with Crippen LogP contribution in [0.15, 0.2) is 0 Å². The van der Waals surface area contributed by atoms with Gasteiger partial charge < -0.3 is 14.3 Å². The highest BCUT2D eigenvalue weighted by molar-refractivity contribution is 6.74. The smallest absolute Gasteiger partial charge is 0.191 e. The standard InChI is InChI=1S/C16H32O3Si/c1-15(2,3)20(4,5)18-10-6-9-16(17)11-13-7-8-14(12-16)19-13/h13-14,17H,6-12H2,1-5H3. The second-order valence-electron chi connectivity index (χ2n) is 8.30. The Balaban J connectivity index is 1.73. The van der Waals surface area contributed by atoms with Gasteiger partial charge in [-0.1, -0.05) is 20.8 Å². The van der Waals surface area contributed by atoms with E-state index < -0.39 is 13.9 Å². The average molecular weight is 301 g/mol. The largest absolute Gasteiger partial charge is 0.417 e. The molecule has 2 heterocycles. The molecule has 2 rings (SSSR count). The lowest BCUT2D eigenvalue weighted by atomic mass is 9.86. The summed E-state index contributed by atoms with van der Waals surface area (Å²) in [5, 5.41) is 11.0. The van der Waals surface area contributed by atoms with Crippen molar-refractivity contribution in [3.05, 3.63) is 0 Å². The SMILES string of the molecule is CC(C)(C)[Si](C)(C)OCCCC1(O)CC2CCC(C1)O2. The van der Waals surface area contributed by atoms with Gasteiger partial charge in [-0.25, -0.2) is 0 Å². The number of fused-ring (bicyclic) bond motifs is 2. The van der Waals surface area contributed by atoms with E-state index in [-0.39, 0.29) is 5.04 Å². The summed E-state index contributed by atoms with van der Waals surface area (Å²) < 4.78 is 12.0. The summed E-state index contributed by atoms with van der Waals surface area (Å²) in [5.41, 5.74) is -0.499. The fourth-order valence-corrected chi connectivity index (χ4v) is 4.25. The minimum absolute atomic E-state index is 0.266. The highest BCUT2D eigenvalue weighted by Gasteiger charge is 2.43. The van der Waals surface area contributed by atoms with Crippen molar-refractivity contribution >= 4 is 8.32 Å². The van der Waals surface area contributed by atoms with Gasteiger partial charge in [0.05, 0.1) is 17.8 Å². The fourth-order valence-electron chi connectivity index (χ4n) is 3.16. The van der Waals surface area contributed by atoms with Crippen molar-refractivity contribution in [3.63, 3.8) is 0 Å². The molecule has 1 N–H and O–H groups in total. The molecule has 3 nitrogen and oxygen atoms in total. The molecule has 4 heteroatoms. The van der Waals surface area contributed by atoms with Crippen molar-refractivity contribution in [1.82, 2.24) is 0 Å². The Kier molecular flexibility index (Phi) is 4.70. The van der Waals surface area contributed by atoms with Crippen molar-refractivity contribution in [2.45, 2.75) is 95.2 Å². The third-order valence-corrected chi connectivity index (χ3v) is 10.0. The summed E-state index contributed by atoms with van der Waals surface area (Å²) in [6, 6.07) is 0. The normalized spacial score (nSPS) is 34.5. The molecular formula is C16H32O3Si. The zero-order valence-electron chi connectivity index (χ0n) is 13.9. The number of ether oxygens (including phenoxy) is 1. The van der Waals surface area contributed by atoms with E-state index in [0.717, 1.165) is 45.1 Å². The highest BCUT2D eigenvalue weighted by atomic mass is 28.4. The van der Waals surface area contributed by atoms with Crippen molar-refractivity contribution in [3.8, 4) is 0 Å². The zero-order valence-corrected chi connectivity index (χ0v) is 14.9. The Hall–Kier alpha value is 0.0969. The first-order chi connectivity index (χ1) is 9.11. The lowest BCUT2D eigenvalue weighted by molar-refractivity contribution is -0.115. The molecule has 2 bridgehead atoms. The molecule has 2 atom stereocenters. The van der Waals surface area contributed by atoms with Gasteiger partial charge in [0, 0.05) is 19.4 Å². The molecule has 0 aromatic heterocycles. The second-order valence-corrected chi connectivity index (χ2v) is 13.1. The molecule has 0 saturated carbocycles. The maximum Gasteiger partial charge on any atom is 0.191 e. The van der Waals surface area contributed by atoms with Crippen LogP contribution in [0.4, 0.5) is 0 Å². The summed E-state index contributed by atoms with van der Waals surface area (Å²) >= 11 is 0. The lowest BCUT2D eigenvalue weighted by Gasteiger charge is -2.38. The van der Waals surface area contributed by atoms with Crippen LogP contribution >= 0.6 is 0 Å². The molecule has 2 saturated heterocycles. The molecule has 0 aromatic rings. The lowest BCUT2D eigenvalue weighted by Crippen LogP contribution is -2.42. The predicted octanol–water partition coefficient (Wildman–Crippen LogP) is 3.86. The molecule has 2 aliphatic heterocycles. The molecule has 20 heavy (non-hydrogen) atoms. The van der Waals surface area contributed by atoms with Crippen LogP contribution in [-0.4, -0.2) is 37.8 Å². The molecule has 0 amide bonds. The van der Waals surface area contributed by atoms with Crippen LogP contribution in [0.2, 0.25) is 18.1 Å².